The number of hydrogen-bond acceptors (Lipinski definition) is 3. The summed E-state index contributed by atoms with van der Waals surface area (Å²) in [4.78, 5) is 4.75. The first-order valence-electron chi connectivity index (χ1n) is 20.2. The van der Waals surface area contributed by atoms with Gasteiger partial charge in [0.25, 0.3) is 0 Å². The van der Waals surface area contributed by atoms with Crippen LogP contribution in [0.1, 0.15) is 22.3 Å². The van der Waals surface area contributed by atoms with E-state index >= 15 is 0 Å². The topological polar surface area (TPSA) is 19.6 Å². The molecule has 1 spiro atoms. The molecule has 58 heavy (non-hydrogen) atoms. The zero-order valence-electron chi connectivity index (χ0n) is 31.8. The number of nitrogens with zero attached hydrogens (tertiary/aromatic N) is 2. The molecule has 1 aromatic heterocycles. The van der Waals surface area contributed by atoms with Crippen LogP contribution in [0.25, 0.3) is 43.8 Å². The van der Waals surface area contributed by atoms with Crippen molar-refractivity contribution in [2.75, 3.05) is 9.80 Å². The van der Waals surface area contributed by atoms with Gasteiger partial charge in [-0.15, -0.1) is 0 Å². The molecule has 0 amide bonds. The quantitative estimate of drug-likeness (QED) is 0.169. The second-order valence-electron chi connectivity index (χ2n) is 15.7. The van der Waals surface area contributed by atoms with E-state index in [2.05, 4.69) is 216 Å². The van der Waals surface area contributed by atoms with Crippen LogP contribution in [0.15, 0.2) is 211 Å². The highest BCUT2D eigenvalue weighted by Crippen LogP contribution is 2.58. The van der Waals surface area contributed by atoms with E-state index in [1.807, 2.05) is 0 Å². The van der Waals surface area contributed by atoms with Crippen LogP contribution in [-0.2, 0) is 18.3 Å². The molecule has 0 N–H and O–H groups in total. The molecule has 9 aromatic carbocycles. The molecule has 0 saturated heterocycles. The van der Waals surface area contributed by atoms with E-state index < -0.39 is 0 Å². The zero-order chi connectivity index (χ0) is 38.2. The lowest BCUT2D eigenvalue weighted by Gasteiger charge is -2.39. The molecule has 274 valence electrons. The summed E-state index contributed by atoms with van der Waals surface area (Å²) >= 11 is 0. The summed E-state index contributed by atoms with van der Waals surface area (Å²) < 4.78 is 7.24. The first-order valence-corrected chi connectivity index (χ1v) is 20.2. The normalized spacial score (nSPS) is 13.5. The monoisotopic (exact) mass is 742 g/mol. The Bertz CT molecular complexity index is 3050. The first-order chi connectivity index (χ1) is 28.7. The van der Waals surface area contributed by atoms with E-state index in [0.29, 0.717) is 0 Å². The third kappa shape index (κ3) is 4.86. The van der Waals surface area contributed by atoms with Crippen LogP contribution in [0.2, 0.25) is 0 Å². The molecule has 3 nitrogen and oxygen atoms in total. The molecule has 0 bridgehead atoms. The van der Waals surface area contributed by atoms with Gasteiger partial charge in [0.2, 0.25) is 0 Å². The van der Waals surface area contributed by atoms with E-state index in [9.17, 15) is 0 Å². The van der Waals surface area contributed by atoms with Gasteiger partial charge in [0, 0.05) is 56.3 Å². The maximum Gasteiger partial charge on any atom is 0.139 e. The Labute approximate surface area is 337 Å². The fourth-order valence-electron chi connectivity index (χ4n) is 10.2. The van der Waals surface area contributed by atoms with Crippen molar-refractivity contribution in [3.63, 3.8) is 0 Å². The molecule has 1 heterocycles. The van der Waals surface area contributed by atoms with Gasteiger partial charge in [0.05, 0.1) is 5.69 Å². The van der Waals surface area contributed by atoms with Crippen LogP contribution in [0.3, 0.4) is 0 Å². The number of rotatable bonds is 6. The summed E-state index contributed by atoms with van der Waals surface area (Å²) in [7, 11) is 0. The molecule has 10 aromatic rings. The van der Waals surface area contributed by atoms with Crippen LogP contribution in [0, 0.1) is 0 Å². The molecule has 0 aliphatic heterocycles. The minimum absolute atomic E-state index is 0.280. The molecular weight excluding hydrogens is 705 g/mol. The zero-order valence-corrected chi connectivity index (χ0v) is 31.8. The van der Waals surface area contributed by atoms with E-state index in [0.717, 1.165) is 63.2 Å². The van der Waals surface area contributed by atoms with Gasteiger partial charge in [-0.2, -0.15) is 0 Å². The molecule has 0 atom stereocenters. The van der Waals surface area contributed by atoms with Gasteiger partial charge >= 0.3 is 0 Å². The van der Waals surface area contributed by atoms with Crippen molar-refractivity contribution in [1.29, 1.82) is 0 Å². The average molecular weight is 743 g/mol. The van der Waals surface area contributed by atoms with Crippen molar-refractivity contribution >= 4 is 66.8 Å². The van der Waals surface area contributed by atoms with E-state index in [1.54, 1.807) is 0 Å². The fourth-order valence-corrected chi connectivity index (χ4v) is 10.2. The second-order valence-corrected chi connectivity index (χ2v) is 15.7. The van der Waals surface area contributed by atoms with E-state index in [-0.39, 0.29) is 5.41 Å². The Morgan fingerprint density at radius 2 is 0.897 bits per heavy atom. The molecule has 2 aliphatic carbocycles. The van der Waals surface area contributed by atoms with Crippen molar-refractivity contribution in [2.45, 2.75) is 18.3 Å². The van der Waals surface area contributed by atoms with E-state index in [1.165, 1.54) is 49.8 Å². The largest absolute Gasteiger partial charge is 0.456 e. The van der Waals surface area contributed by atoms with Crippen LogP contribution >= 0.6 is 0 Å². The SMILES string of the molecule is c1ccc(N(c2ccccc2)c2ccc3c(c2)oc2c4c5c(c(N(c6ccccc6)c6ccccc6)ccc5cc23)CC2(C4)c3ccccc3-c3ccccc32)cc1. The number of hydrogen-bond donors (Lipinski definition) is 0. The standard InChI is InChI=1S/C55H38N2O/c1-5-17-38(18-6-1)56(39-19-7-2-8-20-39)42-30-31-45-46-33-37-29-32-51(57(40-21-9-3-10-22-40)41-23-11-4-12-24-41)47-35-55(36-48(53(37)47)54(46)58-52(45)34-42)49-27-15-13-25-43(49)44-26-14-16-28-50(44)55/h1-34H,35-36H2. The highest BCUT2D eigenvalue weighted by molar-refractivity contribution is 6.15. The Hall–Kier alpha value is -7.36. The Morgan fingerprint density at radius 1 is 0.397 bits per heavy atom. The molecule has 12 rings (SSSR count). The van der Waals surface area contributed by atoms with Crippen LogP contribution in [-0.4, -0.2) is 0 Å². The maximum atomic E-state index is 7.24. The van der Waals surface area contributed by atoms with Gasteiger partial charge in [-0.3, -0.25) is 0 Å². The first kappa shape index (κ1) is 32.8. The average Bonchev–Trinajstić information content (AvgIpc) is 3.79. The third-order valence-corrected chi connectivity index (χ3v) is 12.6. The third-order valence-electron chi connectivity index (χ3n) is 12.6. The molecule has 3 heteroatoms. The molecule has 0 radical (unpaired) electrons. The van der Waals surface area contributed by atoms with Crippen molar-refractivity contribution in [2.24, 2.45) is 0 Å². The molecule has 0 fully saturated rings. The Balaban J connectivity index is 1.15. The summed E-state index contributed by atoms with van der Waals surface area (Å²) in [5.74, 6) is 0. The van der Waals surface area contributed by atoms with Crippen molar-refractivity contribution in [3.05, 3.63) is 229 Å². The van der Waals surface area contributed by atoms with E-state index in [4.69, 9.17) is 4.42 Å². The highest BCUT2D eigenvalue weighted by atomic mass is 16.3. The predicted molar refractivity (Wildman–Crippen MR) is 241 cm³/mol. The van der Waals surface area contributed by atoms with Gasteiger partial charge in [0.15, 0.2) is 0 Å². The van der Waals surface area contributed by atoms with Crippen LogP contribution in [0.4, 0.5) is 34.1 Å². The summed E-state index contributed by atoms with van der Waals surface area (Å²) in [5, 5.41) is 4.85. The number of fused-ring (bicyclic) bond motifs is 9. The summed E-state index contributed by atoms with van der Waals surface area (Å²) in [6.07, 6.45) is 1.71. The lowest BCUT2D eigenvalue weighted by Crippen LogP contribution is -2.34. The van der Waals surface area contributed by atoms with Gasteiger partial charge < -0.3 is 14.2 Å². The van der Waals surface area contributed by atoms with Gasteiger partial charge in [-0.25, -0.2) is 0 Å². The molecule has 2 aliphatic rings. The van der Waals surface area contributed by atoms with Crippen molar-refractivity contribution < 1.29 is 4.42 Å². The van der Waals surface area contributed by atoms with Gasteiger partial charge in [-0.05, 0) is 124 Å². The maximum absolute atomic E-state index is 7.24. The summed E-state index contributed by atoms with van der Waals surface area (Å²) in [6.45, 7) is 0. The lowest BCUT2D eigenvalue weighted by atomic mass is 9.65. The number of benzene rings is 9. The summed E-state index contributed by atoms with van der Waals surface area (Å²) in [5.41, 5.74) is 16.4. The highest BCUT2D eigenvalue weighted by Gasteiger charge is 2.47. The van der Waals surface area contributed by atoms with Crippen LogP contribution in [0.5, 0.6) is 0 Å². The molecular formula is C55H38N2O. The van der Waals surface area contributed by atoms with Crippen molar-refractivity contribution in [3.8, 4) is 11.1 Å². The fraction of sp³-hybridized carbons (Fsp3) is 0.0545. The van der Waals surface area contributed by atoms with Crippen molar-refractivity contribution in [1.82, 2.24) is 0 Å². The molecule has 0 saturated carbocycles. The minimum atomic E-state index is -0.280. The summed E-state index contributed by atoms with van der Waals surface area (Å²) in [6, 6.07) is 74.8. The van der Waals surface area contributed by atoms with Gasteiger partial charge in [-0.1, -0.05) is 127 Å². The Kier molecular flexibility index (Phi) is 7.27. The lowest BCUT2D eigenvalue weighted by molar-refractivity contribution is 0.510. The minimum Gasteiger partial charge on any atom is -0.456 e. The smallest absolute Gasteiger partial charge is 0.139 e. The Morgan fingerprint density at radius 3 is 1.47 bits per heavy atom. The van der Waals surface area contributed by atoms with Gasteiger partial charge in [0.1, 0.15) is 11.2 Å². The second kappa shape index (κ2) is 12.8. The number of para-hydroxylation sites is 4. The number of anilines is 6. The molecule has 0 unspecified atom stereocenters. The number of furan rings is 1. The predicted octanol–water partition coefficient (Wildman–Crippen LogP) is 14.7. The van der Waals surface area contributed by atoms with Crippen LogP contribution < -0.4 is 9.80 Å².